The van der Waals surface area contributed by atoms with E-state index < -0.39 is 0 Å². The van der Waals surface area contributed by atoms with Gasteiger partial charge in [0.25, 0.3) is 11.8 Å². The molecule has 2 N–H and O–H groups in total. The van der Waals surface area contributed by atoms with E-state index in [9.17, 15) is 9.59 Å². The van der Waals surface area contributed by atoms with E-state index in [-0.39, 0.29) is 11.8 Å². The number of aryl methyl sites for hydroxylation is 2. The van der Waals surface area contributed by atoms with E-state index in [2.05, 4.69) is 42.7 Å². The van der Waals surface area contributed by atoms with Crippen molar-refractivity contribution in [3.05, 3.63) is 40.6 Å². The Balaban J connectivity index is 1.62. The highest BCUT2D eigenvalue weighted by Gasteiger charge is 2.18. The van der Waals surface area contributed by atoms with Crippen molar-refractivity contribution < 1.29 is 9.59 Å². The Kier molecular flexibility index (Phi) is 5.01. The Labute approximate surface area is 152 Å². The third kappa shape index (κ3) is 3.45. The Hall–Kier alpha value is -0.700. The van der Waals surface area contributed by atoms with Gasteiger partial charge in [0, 0.05) is 9.35 Å². The molecule has 4 nitrogen and oxygen atoms in total. The minimum Gasteiger partial charge on any atom is -0.266 e. The van der Waals surface area contributed by atoms with Crippen LogP contribution in [0.5, 0.6) is 0 Å². The Bertz CT molecular complexity index is 696. The number of rotatable bonds is 2. The van der Waals surface area contributed by atoms with E-state index in [4.69, 9.17) is 0 Å². The van der Waals surface area contributed by atoms with Crippen LogP contribution in [0.1, 0.15) is 42.6 Å². The summed E-state index contributed by atoms with van der Waals surface area (Å²) >= 11 is 9.49. The normalized spacial score (nSPS) is 13.5. The number of thiophene rings is 2. The molecule has 0 fully saturated rings. The van der Waals surface area contributed by atoms with Gasteiger partial charge in [0.15, 0.2) is 0 Å². The van der Waals surface area contributed by atoms with Crippen molar-refractivity contribution >= 4 is 66.3 Å². The molecule has 0 radical (unpaired) electrons. The fourth-order valence-electron chi connectivity index (χ4n) is 2.30. The Morgan fingerprint density at radius 2 is 1.59 bits per heavy atom. The number of hydrogen-bond donors (Lipinski definition) is 2. The number of halogens is 2. The lowest BCUT2D eigenvalue weighted by molar-refractivity contribution is 0.0851. The predicted octanol–water partition coefficient (Wildman–Crippen LogP) is 4.29. The predicted molar refractivity (Wildman–Crippen MR) is 95.6 cm³/mol. The molecule has 0 atom stereocenters. The number of hydrogen-bond acceptors (Lipinski definition) is 4. The van der Waals surface area contributed by atoms with Crippen molar-refractivity contribution in [1.82, 2.24) is 10.9 Å². The van der Waals surface area contributed by atoms with Crippen molar-refractivity contribution in [2.24, 2.45) is 0 Å². The highest BCUT2D eigenvalue weighted by atomic mass is 79.9. The van der Waals surface area contributed by atoms with Crippen molar-refractivity contribution in [3.8, 4) is 0 Å². The van der Waals surface area contributed by atoms with E-state index in [1.807, 2.05) is 6.07 Å². The molecule has 0 saturated carbocycles. The van der Waals surface area contributed by atoms with Crippen LogP contribution in [-0.4, -0.2) is 11.8 Å². The Morgan fingerprint density at radius 1 is 0.955 bits per heavy atom. The SMILES string of the molecule is O=C(NNC(=O)c1cc2c(s1)CCCC2)c1cc(Br)c(Br)s1. The largest absolute Gasteiger partial charge is 0.279 e. The molecule has 0 saturated heterocycles. The van der Waals surface area contributed by atoms with E-state index in [1.54, 1.807) is 6.07 Å². The van der Waals surface area contributed by atoms with Crippen LogP contribution in [0.3, 0.4) is 0 Å². The maximum Gasteiger partial charge on any atom is 0.279 e. The summed E-state index contributed by atoms with van der Waals surface area (Å²) in [6.45, 7) is 0. The molecule has 2 aromatic heterocycles. The van der Waals surface area contributed by atoms with Gasteiger partial charge in [-0.05, 0) is 75.2 Å². The second kappa shape index (κ2) is 6.82. The lowest BCUT2D eigenvalue weighted by Crippen LogP contribution is -2.41. The molecule has 0 unspecified atom stereocenters. The summed E-state index contributed by atoms with van der Waals surface area (Å²) in [5, 5.41) is 0. The van der Waals surface area contributed by atoms with Crippen LogP contribution in [0.15, 0.2) is 20.4 Å². The van der Waals surface area contributed by atoms with Crippen molar-refractivity contribution in [1.29, 1.82) is 0 Å². The molecular weight excluding hydrogens is 452 g/mol. The summed E-state index contributed by atoms with van der Waals surface area (Å²) in [4.78, 5) is 26.6. The molecule has 2 amide bonds. The van der Waals surface area contributed by atoms with E-state index >= 15 is 0 Å². The quantitative estimate of drug-likeness (QED) is 0.652. The molecule has 2 heterocycles. The average Bonchev–Trinajstić information content (AvgIpc) is 3.08. The highest BCUT2D eigenvalue weighted by Crippen LogP contribution is 2.32. The van der Waals surface area contributed by atoms with Crippen LogP contribution in [0, 0.1) is 0 Å². The third-order valence-corrected chi connectivity index (χ3v) is 7.87. The van der Waals surface area contributed by atoms with Crippen LogP contribution in [0.2, 0.25) is 0 Å². The second-order valence-electron chi connectivity index (χ2n) is 4.91. The lowest BCUT2D eigenvalue weighted by Gasteiger charge is -2.08. The zero-order chi connectivity index (χ0) is 15.7. The standard InChI is InChI=1S/C14H12Br2N2O2S2/c15-8-6-11(22-12(8)16)14(20)18-17-13(19)10-5-7-3-1-2-4-9(7)21-10/h5-6H,1-4H2,(H,17,19)(H,18,20). The van der Waals surface area contributed by atoms with Gasteiger partial charge in [0.1, 0.15) is 0 Å². The number of nitrogens with one attached hydrogen (secondary N) is 2. The van der Waals surface area contributed by atoms with Gasteiger partial charge in [-0.15, -0.1) is 22.7 Å². The van der Waals surface area contributed by atoms with Crippen LogP contribution >= 0.6 is 54.5 Å². The van der Waals surface area contributed by atoms with E-state index in [1.165, 1.54) is 46.0 Å². The molecular formula is C14H12Br2N2O2S2. The second-order valence-corrected chi connectivity index (χ2v) is 9.27. The first-order valence-corrected chi connectivity index (χ1v) is 9.93. The molecule has 0 bridgehead atoms. The average molecular weight is 464 g/mol. The molecule has 0 aromatic carbocycles. The monoisotopic (exact) mass is 462 g/mol. The fourth-order valence-corrected chi connectivity index (χ4v) is 5.38. The number of hydrazine groups is 1. The molecule has 1 aliphatic rings. The molecule has 0 aliphatic heterocycles. The molecule has 22 heavy (non-hydrogen) atoms. The summed E-state index contributed by atoms with van der Waals surface area (Å²) < 4.78 is 1.66. The van der Waals surface area contributed by atoms with Gasteiger partial charge in [-0.3, -0.25) is 20.4 Å². The van der Waals surface area contributed by atoms with Gasteiger partial charge < -0.3 is 0 Å². The molecule has 2 aromatic rings. The van der Waals surface area contributed by atoms with Crippen LogP contribution in [0.4, 0.5) is 0 Å². The first-order valence-electron chi connectivity index (χ1n) is 6.71. The van der Waals surface area contributed by atoms with Gasteiger partial charge >= 0.3 is 0 Å². The lowest BCUT2D eigenvalue weighted by atomic mass is 9.99. The molecule has 1 aliphatic carbocycles. The number of carbonyl (C=O) groups excluding carboxylic acids is 2. The van der Waals surface area contributed by atoms with Gasteiger partial charge in [0.2, 0.25) is 0 Å². The van der Waals surface area contributed by atoms with E-state index in [0.717, 1.165) is 21.1 Å². The summed E-state index contributed by atoms with van der Waals surface area (Å²) in [5.41, 5.74) is 6.21. The maximum atomic E-state index is 12.1. The first kappa shape index (κ1) is 16.2. The molecule has 3 rings (SSSR count). The fraction of sp³-hybridized carbons (Fsp3) is 0.286. The number of amides is 2. The van der Waals surface area contributed by atoms with Gasteiger partial charge in [0.05, 0.1) is 13.5 Å². The van der Waals surface area contributed by atoms with Gasteiger partial charge in [-0.25, -0.2) is 0 Å². The van der Waals surface area contributed by atoms with Crippen LogP contribution in [-0.2, 0) is 12.8 Å². The molecule has 8 heteroatoms. The smallest absolute Gasteiger partial charge is 0.266 e. The van der Waals surface area contributed by atoms with Crippen LogP contribution in [0.25, 0.3) is 0 Å². The van der Waals surface area contributed by atoms with Gasteiger partial charge in [-0.1, -0.05) is 0 Å². The Morgan fingerprint density at radius 3 is 2.18 bits per heavy atom. The minimum atomic E-state index is -0.328. The number of fused-ring (bicyclic) bond motifs is 1. The zero-order valence-electron chi connectivity index (χ0n) is 11.4. The zero-order valence-corrected chi connectivity index (χ0v) is 16.2. The molecule has 116 valence electrons. The number of carbonyl (C=O) groups is 2. The summed E-state index contributed by atoms with van der Waals surface area (Å²) in [5.74, 6) is -0.589. The van der Waals surface area contributed by atoms with Crippen molar-refractivity contribution in [2.75, 3.05) is 0 Å². The van der Waals surface area contributed by atoms with Crippen LogP contribution < -0.4 is 10.9 Å². The highest BCUT2D eigenvalue weighted by molar-refractivity contribution is 9.13. The topological polar surface area (TPSA) is 58.2 Å². The first-order chi connectivity index (χ1) is 10.5. The third-order valence-electron chi connectivity index (χ3n) is 3.38. The maximum absolute atomic E-state index is 12.1. The summed E-state index contributed by atoms with van der Waals surface area (Å²) in [6, 6.07) is 3.65. The minimum absolute atomic E-state index is 0.262. The van der Waals surface area contributed by atoms with E-state index in [0.29, 0.717) is 9.75 Å². The van der Waals surface area contributed by atoms with Crippen molar-refractivity contribution in [2.45, 2.75) is 25.7 Å². The summed E-state index contributed by atoms with van der Waals surface area (Å²) in [6.07, 6.45) is 4.47. The summed E-state index contributed by atoms with van der Waals surface area (Å²) in [7, 11) is 0. The molecule has 0 spiro atoms. The van der Waals surface area contributed by atoms with Gasteiger partial charge in [-0.2, -0.15) is 0 Å². The van der Waals surface area contributed by atoms with Crippen molar-refractivity contribution in [3.63, 3.8) is 0 Å².